The molecule has 0 fully saturated rings. The van der Waals surface area contributed by atoms with E-state index in [1.54, 1.807) is 0 Å². The predicted octanol–water partition coefficient (Wildman–Crippen LogP) is 1.96. The highest BCUT2D eigenvalue weighted by molar-refractivity contribution is 5.96. The summed E-state index contributed by atoms with van der Waals surface area (Å²) in [4.78, 5) is 22.8. The third kappa shape index (κ3) is 5.87. The summed E-state index contributed by atoms with van der Waals surface area (Å²) in [6, 6.07) is 9.80. The number of aromatic nitrogens is 2. The van der Waals surface area contributed by atoms with Crippen molar-refractivity contribution in [2.75, 3.05) is 17.2 Å². The van der Waals surface area contributed by atoms with E-state index in [2.05, 4.69) is 25.6 Å². The largest absolute Gasteiger partial charge is 0.377 e. The number of nitrogens with one attached hydrogen (secondary N) is 2. The first-order chi connectivity index (χ1) is 11.1. The van der Waals surface area contributed by atoms with Gasteiger partial charge in [-0.3, -0.25) is 9.59 Å². The topological polar surface area (TPSA) is 106 Å². The van der Waals surface area contributed by atoms with E-state index in [0.717, 1.165) is 5.56 Å². The van der Waals surface area contributed by atoms with Crippen molar-refractivity contribution in [2.45, 2.75) is 26.4 Å². The molecule has 0 saturated carbocycles. The molecule has 2 aromatic rings. The van der Waals surface area contributed by atoms with Crippen LogP contribution in [0.3, 0.4) is 0 Å². The number of carbonyl (C=O) groups is 2. The molecule has 8 heteroatoms. The Morgan fingerprint density at radius 1 is 1.13 bits per heavy atom. The minimum atomic E-state index is -0.328. The van der Waals surface area contributed by atoms with Crippen molar-refractivity contribution >= 4 is 23.5 Å². The van der Waals surface area contributed by atoms with Crippen molar-refractivity contribution in [1.82, 2.24) is 10.3 Å². The summed E-state index contributed by atoms with van der Waals surface area (Å²) in [5.74, 6) is -0.400. The molecule has 2 rings (SSSR count). The third-order valence-electron chi connectivity index (χ3n) is 2.84. The number of anilines is 2. The van der Waals surface area contributed by atoms with Crippen LogP contribution in [-0.2, 0) is 20.9 Å². The molecule has 0 aliphatic carbocycles. The van der Waals surface area contributed by atoms with Gasteiger partial charge in [-0.1, -0.05) is 30.3 Å². The lowest BCUT2D eigenvalue weighted by Gasteiger charge is -2.05. The smallest absolute Gasteiger partial charge is 0.225 e. The molecule has 0 saturated heterocycles. The second-order valence-corrected chi connectivity index (χ2v) is 4.83. The lowest BCUT2D eigenvalue weighted by atomic mass is 10.2. The first-order valence-electron chi connectivity index (χ1n) is 7.17. The Kier molecular flexibility index (Phi) is 6.25. The molecular weight excluding hydrogens is 300 g/mol. The van der Waals surface area contributed by atoms with E-state index in [4.69, 9.17) is 4.74 Å². The molecule has 2 N–H and O–H groups in total. The molecule has 8 nitrogen and oxygen atoms in total. The molecule has 2 amide bonds. The van der Waals surface area contributed by atoms with E-state index in [1.807, 2.05) is 30.3 Å². The number of benzene rings is 1. The van der Waals surface area contributed by atoms with E-state index in [1.165, 1.54) is 6.92 Å². The number of rotatable bonds is 8. The molecule has 0 radical (unpaired) electrons. The highest BCUT2D eigenvalue weighted by atomic mass is 16.6. The summed E-state index contributed by atoms with van der Waals surface area (Å²) in [7, 11) is 0. The van der Waals surface area contributed by atoms with E-state index in [-0.39, 0.29) is 29.9 Å². The lowest BCUT2D eigenvalue weighted by Crippen LogP contribution is -2.15. The van der Waals surface area contributed by atoms with Gasteiger partial charge in [-0.25, -0.2) is 4.63 Å². The fourth-order valence-electron chi connectivity index (χ4n) is 1.81. The first kappa shape index (κ1) is 16.6. The van der Waals surface area contributed by atoms with Crippen LogP contribution in [0.5, 0.6) is 0 Å². The van der Waals surface area contributed by atoms with Crippen molar-refractivity contribution in [3.63, 3.8) is 0 Å². The van der Waals surface area contributed by atoms with Crippen molar-refractivity contribution < 1.29 is 19.0 Å². The molecule has 1 aromatic heterocycles. The van der Waals surface area contributed by atoms with Crippen molar-refractivity contribution in [3.8, 4) is 0 Å². The fourth-order valence-corrected chi connectivity index (χ4v) is 1.81. The number of nitrogens with zero attached hydrogens (tertiary/aromatic N) is 2. The molecule has 0 unspecified atom stereocenters. The van der Waals surface area contributed by atoms with Gasteiger partial charge in [0.25, 0.3) is 0 Å². The quantitative estimate of drug-likeness (QED) is 0.721. The van der Waals surface area contributed by atoms with Gasteiger partial charge in [-0.05, 0) is 22.3 Å². The van der Waals surface area contributed by atoms with Crippen molar-refractivity contribution in [1.29, 1.82) is 0 Å². The first-order valence-corrected chi connectivity index (χ1v) is 7.17. The maximum absolute atomic E-state index is 11.8. The Morgan fingerprint density at radius 2 is 1.83 bits per heavy atom. The maximum Gasteiger partial charge on any atom is 0.225 e. The van der Waals surface area contributed by atoms with E-state index in [0.29, 0.717) is 19.6 Å². The number of amides is 2. The second-order valence-electron chi connectivity index (χ2n) is 4.83. The standard InChI is InChI=1S/C15H18N4O4/c1-11(20)16-14-15(19-23-18-14)17-13(21)8-5-9-22-10-12-6-3-2-4-7-12/h2-4,6-7H,5,8-10H2,1H3,(H,16,18,20)(H,17,19,21). The fraction of sp³-hybridized carbons (Fsp3) is 0.333. The Balaban J connectivity index is 1.65. The van der Waals surface area contributed by atoms with Crippen LogP contribution >= 0.6 is 0 Å². The van der Waals surface area contributed by atoms with Crippen molar-refractivity contribution in [2.24, 2.45) is 0 Å². The zero-order chi connectivity index (χ0) is 16.5. The molecule has 122 valence electrons. The van der Waals surface area contributed by atoms with Crippen LogP contribution in [-0.4, -0.2) is 28.7 Å². The van der Waals surface area contributed by atoms with Gasteiger partial charge in [0.2, 0.25) is 23.5 Å². The van der Waals surface area contributed by atoms with Crippen LogP contribution in [0.1, 0.15) is 25.3 Å². The van der Waals surface area contributed by atoms with E-state index in [9.17, 15) is 9.59 Å². The Labute approximate surface area is 133 Å². The van der Waals surface area contributed by atoms with Crippen LogP contribution in [0.25, 0.3) is 0 Å². The van der Waals surface area contributed by atoms with Crippen LogP contribution in [0, 0.1) is 0 Å². The lowest BCUT2D eigenvalue weighted by molar-refractivity contribution is -0.117. The minimum absolute atomic E-state index is 0.0891. The summed E-state index contributed by atoms with van der Waals surface area (Å²) < 4.78 is 9.98. The second kappa shape index (κ2) is 8.64. The molecule has 0 aliphatic heterocycles. The number of hydrogen-bond acceptors (Lipinski definition) is 6. The van der Waals surface area contributed by atoms with Gasteiger partial charge in [-0.15, -0.1) is 0 Å². The summed E-state index contributed by atoms with van der Waals surface area (Å²) in [5.41, 5.74) is 1.09. The van der Waals surface area contributed by atoms with Crippen LogP contribution in [0.2, 0.25) is 0 Å². The van der Waals surface area contributed by atoms with Crippen molar-refractivity contribution in [3.05, 3.63) is 35.9 Å². The highest BCUT2D eigenvalue weighted by Crippen LogP contribution is 2.15. The summed E-state index contributed by atoms with van der Waals surface area (Å²) in [6.07, 6.45) is 0.834. The molecule has 0 spiro atoms. The number of carbonyl (C=O) groups excluding carboxylic acids is 2. The maximum atomic E-state index is 11.8. The minimum Gasteiger partial charge on any atom is -0.377 e. The van der Waals surface area contributed by atoms with Crippen LogP contribution in [0.15, 0.2) is 35.0 Å². The third-order valence-corrected chi connectivity index (χ3v) is 2.84. The van der Waals surface area contributed by atoms with Gasteiger partial charge in [0.15, 0.2) is 0 Å². The zero-order valence-electron chi connectivity index (χ0n) is 12.7. The molecule has 0 atom stereocenters. The highest BCUT2D eigenvalue weighted by Gasteiger charge is 2.13. The normalized spacial score (nSPS) is 10.3. The van der Waals surface area contributed by atoms with Crippen LogP contribution in [0.4, 0.5) is 11.6 Å². The van der Waals surface area contributed by atoms with Gasteiger partial charge in [0.05, 0.1) is 6.61 Å². The molecule has 0 aliphatic rings. The molecule has 23 heavy (non-hydrogen) atoms. The molecular formula is C15H18N4O4. The zero-order valence-corrected chi connectivity index (χ0v) is 12.7. The average molecular weight is 318 g/mol. The van der Waals surface area contributed by atoms with E-state index >= 15 is 0 Å². The summed E-state index contributed by atoms with van der Waals surface area (Å²) >= 11 is 0. The predicted molar refractivity (Wildman–Crippen MR) is 82.6 cm³/mol. The monoisotopic (exact) mass is 318 g/mol. The van der Waals surface area contributed by atoms with Gasteiger partial charge >= 0.3 is 0 Å². The van der Waals surface area contributed by atoms with Gasteiger partial charge in [-0.2, -0.15) is 0 Å². The SMILES string of the molecule is CC(=O)Nc1nonc1NC(=O)CCCOCc1ccccc1. The Hall–Kier alpha value is -2.74. The number of ether oxygens (including phenoxy) is 1. The molecule has 1 heterocycles. The van der Waals surface area contributed by atoms with Gasteiger partial charge < -0.3 is 15.4 Å². The Bertz CT molecular complexity index is 642. The average Bonchev–Trinajstić information content (AvgIpc) is 2.94. The van der Waals surface area contributed by atoms with Gasteiger partial charge in [0.1, 0.15) is 0 Å². The Morgan fingerprint density at radius 3 is 2.52 bits per heavy atom. The number of hydrogen-bond donors (Lipinski definition) is 2. The summed E-state index contributed by atoms with van der Waals surface area (Å²) in [6.45, 7) is 2.31. The van der Waals surface area contributed by atoms with Gasteiger partial charge in [0, 0.05) is 20.0 Å². The molecule has 1 aromatic carbocycles. The van der Waals surface area contributed by atoms with Crippen LogP contribution < -0.4 is 10.6 Å². The summed E-state index contributed by atoms with van der Waals surface area (Å²) in [5, 5.41) is 12.0. The van der Waals surface area contributed by atoms with E-state index < -0.39 is 0 Å². The molecule has 0 bridgehead atoms.